The first-order valence-electron chi connectivity index (χ1n) is 35.4. The second-order valence-electron chi connectivity index (χ2n) is 26.5. The molecule has 1 unspecified atom stereocenters. The van der Waals surface area contributed by atoms with E-state index < -0.39 is 0 Å². The number of nitrogens with two attached hydrogens (primary N) is 2. The van der Waals surface area contributed by atoms with Gasteiger partial charge in [0.05, 0.1) is 136 Å². The van der Waals surface area contributed by atoms with Crippen molar-refractivity contribution < 1.29 is 33.2 Å². The van der Waals surface area contributed by atoms with Gasteiger partial charge in [-0.25, -0.2) is 15.0 Å². The minimum absolute atomic E-state index is 0.101. The second-order valence-corrected chi connectivity index (χ2v) is 26.5. The first kappa shape index (κ1) is 74.2. The second kappa shape index (κ2) is 34.4. The molecule has 4 N–H and O–H groups in total. The number of amides is 1. The maximum atomic E-state index is 11.8. The molecule has 1 amide bonds. The summed E-state index contributed by atoms with van der Waals surface area (Å²) in [6.45, 7) is 14.5. The third-order valence-corrected chi connectivity index (χ3v) is 19.0. The number of hydrogen-bond donors (Lipinski definition) is 2. The SMILES string of the molecule is COc1cc(OC)cc(N(CCN)c2ccc3ncc(-c4cnn(C(C)C)c4)nc3c2)c1.COc1cc(OC)cc(N(CCN2CCCC(C(N)=O)C2)c2ccc3ncc(-c4cnn(C)c4)nc3c2)c1.COc1cc(OC)cc(N(CCN2CCN(C)CC2)c2ccc3ncc(-c4cnn(C)c4)nc3c2)c1. The molecule has 106 heavy (non-hydrogen) atoms. The summed E-state index contributed by atoms with van der Waals surface area (Å²) in [7, 11) is 15.9. The van der Waals surface area contributed by atoms with Crippen molar-refractivity contribution in [3.05, 3.63) is 165 Å². The molecule has 2 fully saturated rings. The Balaban J connectivity index is 0.000000150. The van der Waals surface area contributed by atoms with Crippen LogP contribution in [0.5, 0.6) is 34.5 Å². The van der Waals surface area contributed by atoms with Gasteiger partial charge in [0, 0.05) is 216 Å². The number of nitrogens with zero attached hydrogens (tertiary/aromatic N) is 18. The van der Waals surface area contributed by atoms with Crippen LogP contribution in [0.3, 0.4) is 0 Å². The predicted octanol–water partition coefficient (Wildman–Crippen LogP) is 11.0. The molecule has 0 radical (unpaired) electrons. The van der Waals surface area contributed by atoms with Crippen LogP contribution < -0.4 is 54.6 Å². The number of primary amides is 1. The van der Waals surface area contributed by atoms with Crippen molar-refractivity contribution in [1.29, 1.82) is 0 Å². The zero-order chi connectivity index (χ0) is 74.4. The lowest BCUT2D eigenvalue weighted by Gasteiger charge is -2.34. The maximum absolute atomic E-state index is 11.8. The van der Waals surface area contributed by atoms with E-state index in [2.05, 4.69) is 117 Å². The first-order chi connectivity index (χ1) is 51.5. The van der Waals surface area contributed by atoms with E-state index in [-0.39, 0.29) is 17.9 Å². The van der Waals surface area contributed by atoms with Gasteiger partial charge in [-0.15, -0.1) is 0 Å². The molecule has 6 aromatic carbocycles. The molecule has 6 aromatic heterocycles. The molecule has 14 rings (SSSR count). The summed E-state index contributed by atoms with van der Waals surface area (Å²) < 4.78 is 38.6. The van der Waals surface area contributed by atoms with Crippen LogP contribution in [-0.2, 0) is 18.9 Å². The third-order valence-electron chi connectivity index (χ3n) is 19.0. The lowest BCUT2D eigenvalue weighted by atomic mass is 9.97. The van der Waals surface area contributed by atoms with Crippen LogP contribution in [0.4, 0.5) is 34.1 Å². The van der Waals surface area contributed by atoms with Gasteiger partial charge in [0.1, 0.15) is 34.5 Å². The van der Waals surface area contributed by atoms with E-state index in [1.165, 1.54) is 0 Å². The van der Waals surface area contributed by atoms with Crippen LogP contribution >= 0.6 is 0 Å². The Morgan fingerprint density at radius 3 is 1.18 bits per heavy atom. The van der Waals surface area contributed by atoms with Crippen molar-refractivity contribution >= 4 is 73.1 Å². The Labute approximate surface area is 617 Å². The number of carbonyl (C=O) groups is 1. The summed E-state index contributed by atoms with van der Waals surface area (Å²) >= 11 is 0. The van der Waals surface area contributed by atoms with E-state index in [1.807, 2.05) is 123 Å². The molecular weight excluding hydrogens is 1340 g/mol. The Bertz CT molecular complexity index is 4890. The van der Waals surface area contributed by atoms with Crippen LogP contribution in [0.2, 0.25) is 0 Å². The van der Waals surface area contributed by atoms with Gasteiger partial charge in [-0.1, -0.05) is 0 Å². The summed E-state index contributed by atoms with van der Waals surface area (Å²) in [4.78, 5) is 54.2. The molecule has 0 saturated carbocycles. The third kappa shape index (κ3) is 18.2. The van der Waals surface area contributed by atoms with Gasteiger partial charge in [0.15, 0.2) is 0 Å². The molecule has 27 nitrogen and oxygen atoms in total. The molecular formula is C79H94N20O7. The van der Waals surface area contributed by atoms with E-state index >= 15 is 0 Å². The number of benzene rings is 6. The molecule has 1 atom stereocenters. The van der Waals surface area contributed by atoms with Crippen LogP contribution in [-0.4, -0.2) is 208 Å². The molecule has 27 heteroatoms. The zero-order valence-electron chi connectivity index (χ0n) is 62.2. The van der Waals surface area contributed by atoms with E-state index in [9.17, 15) is 4.79 Å². The van der Waals surface area contributed by atoms with Crippen molar-refractivity contribution in [2.75, 3.05) is 143 Å². The molecule has 2 aliphatic heterocycles. The molecule has 0 bridgehead atoms. The van der Waals surface area contributed by atoms with Gasteiger partial charge < -0.3 is 64.4 Å². The number of ether oxygens (including phenoxy) is 6. The topological polar surface area (TPSA) is 275 Å². The van der Waals surface area contributed by atoms with E-state index in [0.717, 1.165) is 178 Å². The number of hydrogen-bond acceptors (Lipinski definition) is 23. The van der Waals surface area contributed by atoms with Gasteiger partial charge in [0.2, 0.25) is 5.91 Å². The first-order valence-corrected chi connectivity index (χ1v) is 35.4. The summed E-state index contributed by atoms with van der Waals surface area (Å²) in [5.74, 6) is 4.03. The molecule has 12 aromatic rings. The summed E-state index contributed by atoms with van der Waals surface area (Å²) in [5.41, 5.74) is 27.5. The smallest absolute Gasteiger partial charge is 0.221 e. The average molecular weight is 1440 g/mol. The van der Waals surface area contributed by atoms with Crippen molar-refractivity contribution in [3.8, 4) is 68.3 Å². The summed E-state index contributed by atoms with van der Waals surface area (Å²) in [6, 6.07) is 36.3. The van der Waals surface area contributed by atoms with Crippen LogP contribution in [0.25, 0.3) is 66.9 Å². The van der Waals surface area contributed by atoms with E-state index in [4.69, 9.17) is 54.8 Å². The molecule has 552 valence electrons. The number of aryl methyl sites for hydroxylation is 2. The van der Waals surface area contributed by atoms with E-state index in [1.54, 1.807) is 76.8 Å². The fraction of sp³-hybridized carbons (Fsp3) is 0.342. The lowest BCUT2D eigenvalue weighted by molar-refractivity contribution is -0.123. The largest absolute Gasteiger partial charge is 0.497 e. The number of piperazine rings is 1. The highest BCUT2D eigenvalue weighted by molar-refractivity contribution is 5.86. The Kier molecular flexibility index (Phi) is 24.1. The number of methoxy groups -OCH3 is 6. The van der Waals surface area contributed by atoms with Gasteiger partial charge in [-0.05, 0) is 94.9 Å². The highest BCUT2D eigenvalue weighted by atomic mass is 16.5. The number of likely N-dealkylation sites (N-methyl/N-ethyl adjacent to an activating group) is 1. The van der Waals surface area contributed by atoms with Crippen LogP contribution in [0.1, 0.15) is 32.7 Å². The minimum atomic E-state index is -0.221. The number of fused-ring (bicyclic) bond motifs is 3. The average Bonchev–Trinajstić information content (AvgIpc) is 0.978. The molecule has 2 aliphatic rings. The maximum Gasteiger partial charge on any atom is 0.221 e. The summed E-state index contributed by atoms with van der Waals surface area (Å²) in [6.07, 6.45) is 18.5. The normalized spacial score (nSPS) is 14.1. The number of rotatable bonds is 25. The predicted molar refractivity (Wildman–Crippen MR) is 416 cm³/mol. The van der Waals surface area contributed by atoms with Crippen LogP contribution in [0, 0.1) is 5.92 Å². The van der Waals surface area contributed by atoms with Crippen molar-refractivity contribution in [3.63, 3.8) is 0 Å². The van der Waals surface area contributed by atoms with Crippen molar-refractivity contribution in [1.82, 2.24) is 73.9 Å². The standard InChI is InChI=1S/C28H33N7O3.C27H33N7O2.C24H28N6O2/c1-33-17-20(15-31-33)27-16-30-25-7-6-21(13-26(25)32-27)35(22-11-23(37-2)14-24(12-22)38-3)10-9-34-8-4-5-19(18-34)28(29)36;1-31-7-9-33(10-8-31)11-12-34(22-13-23(35-3)16-24(14-22)36-4)21-5-6-25-26(15-21)30-27(18-28-25)20-17-29-32(2)19-20;1-16(2)30-15-17(13-27-30)24-14-26-22-6-5-18(11-23(22)28-24)29(8-7-25)19-9-20(31-3)12-21(10-19)32-4/h6-7,11-17,19H,4-5,8-10,18H2,1-3H3,(H2,29,36);5-6,13-19H,7-12H2,1-4H3;5-6,9-16H,7-8,25H2,1-4H3. The van der Waals surface area contributed by atoms with Crippen molar-refractivity contribution in [2.45, 2.75) is 32.7 Å². The van der Waals surface area contributed by atoms with E-state index in [0.29, 0.717) is 49.2 Å². The number of aromatic nitrogens is 12. The summed E-state index contributed by atoms with van der Waals surface area (Å²) in [5, 5.41) is 13.0. The monoisotopic (exact) mass is 1430 g/mol. The Hall–Kier alpha value is -11.5. The fourth-order valence-electron chi connectivity index (χ4n) is 13.0. The molecule has 2 saturated heterocycles. The molecule has 0 spiro atoms. The van der Waals surface area contributed by atoms with Gasteiger partial charge >= 0.3 is 0 Å². The highest BCUT2D eigenvalue weighted by Gasteiger charge is 2.26. The molecule has 8 heterocycles. The quantitative estimate of drug-likeness (QED) is 0.0538. The number of piperidine rings is 1. The number of likely N-dealkylation sites (tertiary alicyclic amines) is 1. The fourth-order valence-corrected chi connectivity index (χ4v) is 13.0. The lowest BCUT2D eigenvalue weighted by Crippen LogP contribution is -2.46. The van der Waals surface area contributed by atoms with Crippen molar-refractivity contribution in [2.24, 2.45) is 31.5 Å². The minimum Gasteiger partial charge on any atom is -0.497 e. The highest BCUT2D eigenvalue weighted by Crippen LogP contribution is 2.38. The molecule has 0 aliphatic carbocycles. The Morgan fingerprint density at radius 1 is 0.453 bits per heavy atom. The number of carbonyl (C=O) groups excluding carboxylic acids is 1. The zero-order valence-corrected chi connectivity index (χ0v) is 62.2. The van der Waals surface area contributed by atoms with Gasteiger partial charge in [-0.2, -0.15) is 15.3 Å². The van der Waals surface area contributed by atoms with Crippen LogP contribution in [0.15, 0.2) is 165 Å². The Morgan fingerprint density at radius 2 is 0.830 bits per heavy atom. The van der Waals surface area contributed by atoms with Gasteiger partial charge in [-0.3, -0.25) is 38.7 Å². The number of anilines is 6. The van der Waals surface area contributed by atoms with Gasteiger partial charge in [0.25, 0.3) is 0 Å².